The Hall–Kier alpha value is -4.40. The van der Waals surface area contributed by atoms with Gasteiger partial charge in [0.25, 0.3) is 0 Å². The number of aryl methyl sites for hydroxylation is 1. The summed E-state index contributed by atoms with van der Waals surface area (Å²) in [7, 11) is 0. The van der Waals surface area contributed by atoms with Gasteiger partial charge in [-0.15, -0.1) is 0 Å². The first kappa shape index (κ1) is 32.2. The number of pyridine rings is 1. The molecule has 0 unspecified atom stereocenters. The molecule has 2 fully saturated rings. The van der Waals surface area contributed by atoms with Crippen LogP contribution in [0.5, 0.6) is 0 Å². The molecule has 3 aromatic heterocycles. The summed E-state index contributed by atoms with van der Waals surface area (Å²) < 4.78 is 28.3. The van der Waals surface area contributed by atoms with Crippen molar-refractivity contribution < 1.29 is 28.2 Å². The van der Waals surface area contributed by atoms with Crippen molar-refractivity contribution in [1.29, 1.82) is 0 Å². The Morgan fingerprint density at radius 3 is 2.62 bits per heavy atom. The summed E-state index contributed by atoms with van der Waals surface area (Å²) in [6.07, 6.45) is 8.15. The molecule has 5 heterocycles. The number of aromatic nitrogens is 5. The number of rotatable bonds is 5. The van der Waals surface area contributed by atoms with Gasteiger partial charge in [-0.1, -0.05) is 18.2 Å². The molecule has 1 aromatic carbocycles. The first-order valence-electron chi connectivity index (χ1n) is 15.6. The van der Waals surface area contributed by atoms with Crippen LogP contribution in [0, 0.1) is 12.3 Å². The van der Waals surface area contributed by atoms with Crippen LogP contribution in [0.15, 0.2) is 53.4 Å². The third-order valence-electron chi connectivity index (χ3n) is 9.24. The number of alkyl halides is 1. The predicted molar refractivity (Wildman–Crippen MR) is 177 cm³/mol. The van der Waals surface area contributed by atoms with Crippen LogP contribution < -0.4 is 5.32 Å². The Kier molecular flexibility index (Phi) is 8.64. The number of amides is 2. The molecule has 0 radical (unpaired) electrons. The number of hydrogen-bond acceptors (Lipinski definition) is 9. The second kappa shape index (κ2) is 12.9. The van der Waals surface area contributed by atoms with Gasteiger partial charge in [0.2, 0.25) is 11.8 Å². The molecule has 1 saturated heterocycles. The highest BCUT2D eigenvalue weighted by Crippen LogP contribution is 2.60. The van der Waals surface area contributed by atoms with Gasteiger partial charge in [-0.2, -0.15) is 5.10 Å². The van der Waals surface area contributed by atoms with E-state index in [0.717, 1.165) is 0 Å². The smallest absolute Gasteiger partial charge is 0.248 e. The maximum absolute atomic E-state index is 14.7. The van der Waals surface area contributed by atoms with E-state index >= 15 is 0 Å². The van der Waals surface area contributed by atoms with E-state index in [1.807, 2.05) is 18.2 Å². The monoisotopic (exact) mass is 717 g/mol. The molecule has 3 atom stereocenters. The van der Waals surface area contributed by atoms with Crippen molar-refractivity contribution in [3.05, 3.63) is 76.1 Å². The topological polar surface area (TPSA) is 141 Å². The molecule has 7 rings (SSSR count). The molecular formula is C34H33BrFN7O5. The highest BCUT2D eigenvalue weighted by atomic mass is 79.9. The fraction of sp³-hybridized carbons (Fsp3) is 0.382. The van der Waals surface area contributed by atoms with Crippen LogP contribution in [-0.4, -0.2) is 79.1 Å². The van der Waals surface area contributed by atoms with Crippen molar-refractivity contribution in [2.45, 2.75) is 58.6 Å². The van der Waals surface area contributed by atoms with Crippen LogP contribution in [0.25, 0.3) is 22.0 Å². The van der Waals surface area contributed by atoms with Crippen LogP contribution in [0.3, 0.4) is 0 Å². The second-order valence-electron chi connectivity index (χ2n) is 12.5. The summed E-state index contributed by atoms with van der Waals surface area (Å²) in [5.41, 5.74) is 2.34. The standard InChI is InChI=1S/C34H33BrFN7O5/c1-19(44)30-25-10-22(24-14-37-20(2)38-15-24)9-23(13-36)31(25)42(41-30)16-29(45)43-26-11-34(12-27(34)43)18-48-8-4-3-7-47-17-21-5-6-28(35)39-32(21)40-33(26)46/h3-6,9-10,14-15,26-27H,7-8,11-13,16-18H2,1-2H3,(H,39,40,46)/b4-3-/t26-,27+,34-/m0/s1. The lowest BCUT2D eigenvalue weighted by atomic mass is 10.00. The van der Waals surface area contributed by atoms with Gasteiger partial charge in [0, 0.05) is 52.9 Å². The number of likely N-dealkylation sites (tertiary alicyclic amines) is 1. The fourth-order valence-corrected chi connectivity index (χ4v) is 7.12. The normalized spacial score (nSPS) is 23.1. The van der Waals surface area contributed by atoms with Crippen LogP contribution >= 0.6 is 15.9 Å². The Bertz CT molecular complexity index is 1970. The molecule has 1 N–H and O–H groups in total. The zero-order valence-corrected chi connectivity index (χ0v) is 28.0. The van der Waals surface area contributed by atoms with E-state index in [2.05, 4.69) is 41.3 Å². The molecule has 1 saturated carbocycles. The number of halogens is 2. The summed E-state index contributed by atoms with van der Waals surface area (Å²) in [5.74, 6) is -0.132. The highest BCUT2D eigenvalue weighted by Gasteiger charge is 2.67. The van der Waals surface area contributed by atoms with Gasteiger partial charge in [-0.05, 0) is 59.5 Å². The summed E-state index contributed by atoms with van der Waals surface area (Å²) >= 11 is 3.38. The summed E-state index contributed by atoms with van der Waals surface area (Å²) in [6, 6.07) is 5.97. The Morgan fingerprint density at radius 1 is 1.10 bits per heavy atom. The number of piperidine rings is 1. The zero-order valence-electron chi connectivity index (χ0n) is 26.4. The Labute approximate surface area is 283 Å². The average Bonchev–Trinajstić information content (AvgIpc) is 3.47. The summed E-state index contributed by atoms with van der Waals surface area (Å²) in [6.45, 7) is 3.37. The SMILES string of the molecule is CC(=O)c1nn(CC(=O)N2[C@H]3C[C@@]4(COC/C=C\COCc5ccc(Br)nc5NC3=O)C[C@@H]24)c2c(CF)cc(-c3cnc(C)nc3)cc12. The van der Waals surface area contributed by atoms with Crippen molar-refractivity contribution in [2.75, 3.05) is 25.1 Å². The van der Waals surface area contributed by atoms with Crippen molar-refractivity contribution in [2.24, 2.45) is 5.41 Å². The average molecular weight is 719 g/mol. The first-order chi connectivity index (χ1) is 23.2. The van der Waals surface area contributed by atoms with Crippen molar-refractivity contribution in [1.82, 2.24) is 29.6 Å². The maximum atomic E-state index is 14.7. The molecule has 14 heteroatoms. The number of nitrogens with one attached hydrogen (secondary N) is 1. The number of carbonyl (C=O) groups excluding carboxylic acids is 3. The molecule has 248 valence electrons. The predicted octanol–water partition coefficient (Wildman–Crippen LogP) is 4.73. The van der Waals surface area contributed by atoms with E-state index in [4.69, 9.17) is 9.47 Å². The molecule has 3 aliphatic rings. The fourth-order valence-electron chi connectivity index (χ4n) is 6.81. The number of fused-ring (bicyclic) bond motifs is 3. The third-order valence-corrected chi connectivity index (χ3v) is 9.68. The lowest BCUT2D eigenvalue weighted by molar-refractivity contribution is -0.138. The van der Waals surface area contributed by atoms with Crippen molar-refractivity contribution in [3.63, 3.8) is 0 Å². The van der Waals surface area contributed by atoms with E-state index in [1.54, 1.807) is 42.4 Å². The maximum Gasteiger partial charge on any atom is 0.248 e. The van der Waals surface area contributed by atoms with Crippen LogP contribution in [0.2, 0.25) is 0 Å². The number of anilines is 1. The Balaban J connectivity index is 1.23. The number of nitrogens with zero attached hydrogens (tertiary/aromatic N) is 6. The highest BCUT2D eigenvalue weighted by molar-refractivity contribution is 9.10. The minimum atomic E-state index is -0.855. The van der Waals surface area contributed by atoms with Crippen molar-refractivity contribution >= 4 is 50.2 Å². The molecule has 48 heavy (non-hydrogen) atoms. The van der Waals surface area contributed by atoms with Gasteiger partial charge in [0.1, 0.15) is 41.2 Å². The zero-order chi connectivity index (χ0) is 33.6. The molecule has 1 spiro atoms. The van der Waals surface area contributed by atoms with E-state index in [0.29, 0.717) is 76.5 Å². The molecular weight excluding hydrogens is 685 g/mol. The van der Waals surface area contributed by atoms with Crippen LogP contribution in [-0.2, 0) is 38.9 Å². The molecule has 1 aliphatic carbocycles. The van der Waals surface area contributed by atoms with Crippen LogP contribution in [0.4, 0.5) is 10.2 Å². The number of benzene rings is 1. The first-order valence-corrected chi connectivity index (χ1v) is 16.4. The number of hydrogen-bond donors (Lipinski definition) is 1. The number of Topliss-reactive ketones (excluding diaryl/α,β-unsaturated/α-hetero) is 1. The summed E-state index contributed by atoms with van der Waals surface area (Å²) in [4.78, 5) is 55.5. The number of ketones is 1. The van der Waals surface area contributed by atoms with Gasteiger partial charge in [0.15, 0.2) is 5.78 Å². The summed E-state index contributed by atoms with van der Waals surface area (Å²) in [5, 5.41) is 7.88. The molecule has 2 aliphatic heterocycles. The minimum absolute atomic E-state index is 0.122. The molecule has 2 amide bonds. The lowest BCUT2D eigenvalue weighted by Gasteiger charge is -2.27. The van der Waals surface area contributed by atoms with Crippen molar-refractivity contribution in [3.8, 4) is 11.1 Å². The molecule has 12 nitrogen and oxygen atoms in total. The largest absolute Gasteiger partial charge is 0.377 e. The lowest BCUT2D eigenvalue weighted by Crippen LogP contribution is -2.47. The van der Waals surface area contributed by atoms with Gasteiger partial charge < -0.3 is 19.7 Å². The van der Waals surface area contributed by atoms with Crippen LogP contribution in [0.1, 0.15) is 47.2 Å². The Morgan fingerprint density at radius 2 is 1.88 bits per heavy atom. The minimum Gasteiger partial charge on any atom is -0.377 e. The quantitative estimate of drug-likeness (QED) is 0.176. The van der Waals surface area contributed by atoms with Gasteiger partial charge in [-0.3, -0.25) is 19.1 Å². The van der Waals surface area contributed by atoms with E-state index in [-0.39, 0.29) is 53.5 Å². The number of carbonyl (C=O) groups is 3. The van der Waals surface area contributed by atoms with Gasteiger partial charge >= 0.3 is 0 Å². The van der Waals surface area contributed by atoms with Gasteiger partial charge in [0.05, 0.1) is 31.9 Å². The second-order valence-corrected chi connectivity index (χ2v) is 13.3. The van der Waals surface area contributed by atoms with E-state index in [9.17, 15) is 18.8 Å². The van der Waals surface area contributed by atoms with E-state index in [1.165, 1.54) is 11.6 Å². The molecule has 2 bridgehead atoms. The van der Waals surface area contributed by atoms with Gasteiger partial charge in [-0.25, -0.2) is 19.3 Å². The van der Waals surface area contributed by atoms with E-state index < -0.39 is 12.7 Å². The number of ether oxygens (including phenoxy) is 2. The third kappa shape index (κ3) is 6.03. The molecule has 4 aromatic rings.